The minimum atomic E-state index is -0.722. The van der Waals surface area contributed by atoms with Crippen molar-refractivity contribution < 1.29 is 14.3 Å². The fourth-order valence-corrected chi connectivity index (χ4v) is 2.48. The van der Waals surface area contributed by atoms with Gasteiger partial charge in [-0.15, -0.1) is 5.10 Å². The summed E-state index contributed by atoms with van der Waals surface area (Å²) in [5.41, 5.74) is 1.28. The number of methoxy groups -OCH3 is 1. The number of aromatic nitrogens is 4. The Morgan fingerprint density at radius 1 is 1.27 bits per heavy atom. The Hall–Kier alpha value is -3.13. The lowest BCUT2D eigenvalue weighted by Crippen LogP contribution is -2.30. The van der Waals surface area contributed by atoms with Crippen LogP contribution in [0.1, 0.15) is 6.92 Å². The van der Waals surface area contributed by atoms with Gasteiger partial charge in [-0.25, -0.2) is 4.68 Å². The number of hydrogen-bond donors (Lipinski definition) is 1. The Morgan fingerprint density at radius 2 is 2.12 bits per heavy atom. The fourth-order valence-electron chi connectivity index (χ4n) is 2.22. The lowest BCUT2D eigenvalue weighted by Gasteiger charge is -2.15. The van der Waals surface area contributed by atoms with Gasteiger partial charge in [-0.2, -0.15) is 0 Å². The molecule has 26 heavy (non-hydrogen) atoms. The monoisotopic (exact) mass is 373 g/mol. The molecule has 1 aromatic heterocycles. The SMILES string of the molecule is COc1ccc(NC(=O)C(C)Oc2cccc(-n3cnnn3)c2)cc1Cl. The first-order valence-corrected chi connectivity index (χ1v) is 8.09. The minimum Gasteiger partial charge on any atom is -0.495 e. The van der Waals surface area contributed by atoms with E-state index in [0.29, 0.717) is 22.2 Å². The van der Waals surface area contributed by atoms with Crippen LogP contribution in [-0.2, 0) is 4.79 Å². The first-order chi connectivity index (χ1) is 12.6. The molecule has 8 nitrogen and oxygen atoms in total. The number of ether oxygens (including phenoxy) is 2. The van der Waals surface area contributed by atoms with E-state index in [-0.39, 0.29) is 5.91 Å². The Kier molecular flexibility index (Phi) is 5.33. The molecular formula is C17H16ClN5O3. The molecule has 0 aliphatic rings. The molecule has 0 fully saturated rings. The average molecular weight is 374 g/mol. The van der Waals surface area contributed by atoms with E-state index in [1.807, 2.05) is 6.07 Å². The first-order valence-electron chi connectivity index (χ1n) is 7.71. The molecule has 1 N–H and O–H groups in total. The number of rotatable bonds is 6. The van der Waals surface area contributed by atoms with Gasteiger partial charge in [0.25, 0.3) is 5.91 Å². The molecule has 3 rings (SSSR count). The van der Waals surface area contributed by atoms with Gasteiger partial charge in [0.2, 0.25) is 0 Å². The molecule has 0 radical (unpaired) electrons. The van der Waals surface area contributed by atoms with Crippen LogP contribution in [-0.4, -0.2) is 39.3 Å². The standard InChI is InChI=1S/C17H16ClN5O3/c1-11(17(24)20-12-6-7-16(25-2)15(18)8-12)26-14-5-3-4-13(9-14)23-10-19-21-22-23/h3-11H,1-2H3,(H,20,24). The highest BCUT2D eigenvalue weighted by atomic mass is 35.5. The second kappa shape index (κ2) is 7.83. The summed E-state index contributed by atoms with van der Waals surface area (Å²) in [5.74, 6) is 0.751. The summed E-state index contributed by atoms with van der Waals surface area (Å²) in [7, 11) is 1.53. The molecule has 0 spiro atoms. The number of amides is 1. The van der Waals surface area contributed by atoms with Crippen molar-refractivity contribution in [3.05, 3.63) is 53.8 Å². The topological polar surface area (TPSA) is 91.2 Å². The van der Waals surface area contributed by atoms with E-state index in [1.54, 1.807) is 43.3 Å². The van der Waals surface area contributed by atoms with Crippen LogP contribution in [0.2, 0.25) is 5.02 Å². The van der Waals surface area contributed by atoms with Crippen LogP contribution in [0.15, 0.2) is 48.8 Å². The van der Waals surface area contributed by atoms with Crippen molar-refractivity contribution in [2.24, 2.45) is 0 Å². The number of benzene rings is 2. The predicted octanol–water partition coefficient (Wildman–Crippen LogP) is 2.73. The molecule has 3 aromatic rings. The van der Waals surface area contributed by atoms with Crippen LogP contribution in [0.5, 0.6) is 11.5 Å². The Morgan fingerprint density at radius 3 is 2.81 bits per heavy atom. The summed E-state index contributed by atoms with van der Waals surface area (Å²) < 4.78 is 12.3. The summed E-state index contributed by atoms with van der Waals surface area (Å²) in [6.45, 7) is 1.66. The van der Waals surface area contributed by atoms with Crippen LogP contribution in [0, 0.1) is 0 Å². The fraction of sp³-hybridized carbons (Fsp3) is 0.176. The van der Waals surface area contributed by atoms with E-state index < -0.39 is 6.10 Å². The molecule has 0 saturated heterocycles. The maximum atomic E-state index is 12.3. The van der Waals surface area contributed by atoms with Crippen molar-refractivity contribution in [2.75, 3.05) is 12.4 Å². The van der Waals surface area contributed by atoms with E-state index >= 15 is 0 Å². The van der Waals surface area contributed by atoms with Gasteiger partial charge in [0.05, 0.1) is 17.8 Å². The summed E-state index contributed by atoms with van der Waals surface area (Å²) >= 11 is 6.06. The van der Waals surface area contributed by atoms with E-state index in [4.69, 9.17) is 21.1 Å². The van der Waals surface area contributed by atoms with Crippen molar-refractivity contribution in [1.29, 1.82) is 0 Å². The number of carbonyl (C=O) groups is 1. The quantitative estimate of drug-likeness (QED) is 0.714. The Balaban J connectivity index is 1.66. The van der Waals surface area contributed by atoms with Crippen molar-refractivity contribution >= 4 is 23.2 Å². The molecule has 0 saturated carbocycles. The second-order valence-electron chi connectivity index (χ2n) is 5.35. The third-order valence-corrected chi connectivity index (χ3v) is 3.83. The first kappa shape index (κ1) is 17.7. The number of tetrazole rings is 1. The zero-order chi connectivity index (χ0) is 18.5. The van der Waals surface area contributed by atoms with Gasteiger partial charge in [0.1, 0.15) is 17.8 Å². The molecule has 1 unspecified atom stereocenters. The summed E-state index contributed by atoms with van der Waals surface area (Å²) in [6.07, 6.45) is 0.753. The molecule has 0 aliphatic heterocycles. The van der Waals surface area contributed by atoms with Crippen LogP contribution >= 0.6 is 11.6 Å². The van der Waals surface area contributed by atoms with Crippen LogP contribution < -0.4 is 14.8 Å². The average Bonchev–Trinajstić information content (AvgIpc) is 3.17. The van der Waals surface area contributed by atoms with Crippen molar-refractivity contribution in [1.82, 2.24) is 20.2 Å². The highest BCUT2D eigenvalue weighted by Crippen LogP contribution is 2.27. The number of nitrogens with one attached hydrogen (secondary N) is 1. The zero-order valence-corrected chi connectivity index (χ0v) is 14.8. The number of nitrogens with zero attached hydrogens (tertiary/aromatic N) is 4. The summed E-state index contributed by atoms with van der Waals surface area (Å²) in [5, 5.41) is 14.2. The minimum absolute atomic E-state index is 0.306. The third-order valence-electron chi connectivity index (χ3n) is 3.53. The molecule has 134 valence electrons. The Labute approximate surface area is 154 Å². The molecule has 1 amide bonds. The van der Waals surface area contributed by atoms with E-state index in [9.17, 15) is 4.79 Å². The van der Waals surface area contributed by atoms with E-state index in [0.717, 1.165) is 5.69 Å². The van der Waals surface area contributed by atoms with Gasteiger partial charge in [0, 0.05) is 11.8 Å². The smallest absolute Gasteiger partial charge is 0.265 e. The number of halogens is 1. The highest BCUT2D eigenvalue weighted by molar-refractivity contribution is 6.32. The van der Waals surface area contributed by atoms with Crippen molar-refractivity contribution in [2.45, 2.75) is 13.0 Å². The number of anilines is 1. The van der Waals surface area contributed by atoms with Crippen molar-refractivity contribution in [3.8, 4) is 17.2 Å². The molecule has 1 atom stereocenters. The van der Waals surface area contributed by atoms with Gasteiger partial charge in [-0.3, -0.25) is 4.79 Å². The predicted molar refractivity (Wildman–Crippen MR) is 95.9 cm³/mol. The third kappa shape index (κ3) is 4.09. The van der Waals surface area contributed by atoms with Gasteiger partial charge in [-0.1, -0.05) is 17.7 Å². The van der Waals surface area contributed by atoms with Crippen LogP contribution in [0.4, 0.5) is 5.69 Å². The van der Waals surface area contributed by atoms with Gasteiger partial charge in [-0.05, 0) is 47.7 Å². The molecule has 2 aromatic carbocycles. The summed E-state index contributed by atoms with van der Waals surface area (Å²) in [6, 6.07) is 12.1. The maximum absolute atomic E-state index is 12.3. The maximum Gasteiger partial charge on any atom is 0.265 e. The van der Waals surface area contributed by atoms with Crippen LogP contribution in [0.25, 0.3) is 5.69 Å². The number of hydrogen-bond acceptors (Lipinski definition) is 6. The van der Waals surface area contributed by atoms with E-state index in [1.165, 1.54) is 18.1 Å². The second-order valence-corrected chi connectivity index (χ2v) is 5.76. The normalized spacial score (nSPS) is 11.7. The van der Waals surface area contributed by atoms with Gasteiger partial charge >= 0.3 is 0 Å². The van der Waals surface area contributed by atoms with Gasteiger partial charge < -0.3 is 14.8 Å². The van der Waals surface area contributed by atoms with Gasteiger partial charge in [0.15, 0.2) is 6.10 Å². The zero-order valence-electron chi connectivity index (χ0n) is 14.1. The lowest BCUT2D eigenvalue weighted by molar-refractivity contribution is -0.122. The van der Waals surface area contributed by atoms with Crippen LogP contribution in [0.3, 0.4) is 0 Å². The lowest BCUT2D eigenvalue weighted by atomic mass is 10.2. The Bertz CT molecular complexity index is 901. The van der Waals surface area contributed by atoms with Crippen molar-refractivity contribution in [3.63, 3.8) is 0 Å². The largest absolute Gasteiger partial charge is 0.495 e. The molecule has 0 aliphatic carbocycles. The molecule has 9 heteroatoms. The summed E-state index contributed by atoms with van der Waals surface area (Å²) in [4.78, 5) is 12.3. The molecule has 0 bridgehead atoms. The van der Waals surface area contributed by atoms with E-state index in [2.05, 4.69) is 20.8 Å². The molecule has 1 heterocycles. The number of carbonyl (C=O) groups excluding carboxylic acids is 1. The highest BCUT2D eigenvalue weighted by Gasteiger charge is 2.16. The molecular weight excluding hydrogens is 358 g/mol.